The van der Waals surface area contributed by atoms with E-state index < -0.39 is 12.1 Å². The largest absolute Gasteiger partial charge is 0.490 e. The molecule has 0 bridgehead atoms. The van der Waals surface area contributed by atoms with Crippen molar-refractivity contribution in [1.29, 1.82) is 0 Å². The highest BCUT2D eigenvalue weighted by Crippen LogP contribution is 2.19. The van der Waals surface area contributed by atoms with Crippen molar-refractivity contribution >= 4 is 23.1 Å². The zero-order valence-electron chi connectivity index (χ0n) is 17.1. The minimum absolute atomic E-state index is 0.184. The highest BCUT2D eigenvalue weighted by Gasteiger charge is 2.38. The number of aliphatic carboxylic acids is 1. The van der Waals surface area contributed by atoms with Gasteiger partial charge in [-0.1, -0.05) is 0 Å². The lowest BCUT2D eigenvalue weighted by Gasteiger charge is -2.07. The molecule has 33 heavy (non-hydrogen) atoms. The Labute approximate surface area is 184 Å². The van der Waals surface area contributed by atoms with Crippen LogP contribution in [0.25, 0.3) is 16.9 Å². The first-order valence-electron chi connectivity index (χ1n) is 9.35. The molecule has 13 heteroatoms. The van der Waals surface area contributed by atoms with Crippen molar-refractivity contribution in [3.63, 3.8) is 0 Å². The zero-order valence-corrected chi connectivity index (χ0v) is 17.1. The molecule has 4 aromatic rings. The first kappa shape index (κ1) is 23.4. The quantitative estimate of drug-likeness (QED) is 0.365. The summed E-state index contributed by atoms with van der Waals surface area (Å²) in [6.07, 6.45) is -1.53. The Morgan fingerprint density at radius 1 is 1.18 bits per heavy atom. The number of aryl methyl sites for hydroxylation is 1. The molecule has 0 saturated carbocycles. The molecular weight excluding hydrogens is 443 g/mol. The number of rotatable bonds is 4. The highest BCUT2D eigenvalue weighted by atomic mass is 19.4. The van der Waals surface area contributed by atoms with Crippen molar-refractivity contribution in [2.75, 3.05) is 5.32 Å². The molecule has 0 aliphatic carbocycles. The third-order valence-electron chi connectivity index (χ3n) is 4.34. The molecule has 1 amide bonds. The Hall–Kier alpha value is -4.26. The summed E-state index contributed by atoms with van der Waals surface area (Å²) in [5, 5.41) is 16.9. The van der Waals surface area contributed by atoms with Crippen LogP contribution < -0.4 is 11.1 Å². The van der Waals surface area contributed by atoms with Gasteiger partial charge in [-0.3, -0.25) is 9.89 Å². The molecule has 0 spiro atoms. The summed E-state index contributed by atoms with van der Waals surface area (Å²) < 4.78 is 33.6. The van der Waals surface area contributed by atoms with Crippen LogP contribution >= 0.6 is 0 Å². The van der Waals surface area contributed by atoms with Crippen LogP contribution in [0.2, 0.25) is 0 Å². The molecule has 3 heterocycles. The number of anilines is 1. The van der Waals surface area contributed by atoms with E-state index in [0.29, 0.717) is 29.4 Å². The number of benzene rings is 1. The number of aromatic nitrogens is 5. The van der Waals surface area contributed by atoms with E-state index in [1.165, 1.54) is 0 Å². The lowest BCUT2D eigenvalue weighted by molar-refractivity contribution is -0.192. The van der Waals surface area contributed by atoms with Gasteiger partial charge in [0, 0.05) is 17.4 Å². The number of carboxylic acids is 1. The number of nitrogens with one attached hydrogen (secondary N) is 2. The monoisotopic (exact) mass is 461 g/mol. The molecule has 5 N–H and O–H groups in total. The standard InChI is InChI=1S/C18H17N7O.C2HF3O2/c1-11-20-9-15-7-4-13(10-25(11)15)18(26)21-14-5-2-12(3-6-14)17-22-16(8-19)23-24-17;3-2(4,5)1(6)7/h2-7,9-10H,8,19H2,1H3,(H,21,26)(H,22,23,24);(H,6,7). The van der Waals surface area contributed by atoms with E-state index in [2.05, 4.69) is 25.5 Å². The average Bonchev–Trinajstić information content (AvgIpc) is 3.41. The zero-order chi connectivity index (χ0) is 24.2. The van der Waals surface area contributed by atoms with E-state index in [0.717, 1.165) is 16.9 Å². The summed E-state index contributed by atoms with van der Waals surface area (Å²) in [7, 11) is 0. The number of alkyl halides is 3. The normalized spacial score (nSPS) is 11.1. The van der Waals surface area contributed by atoms with Gasteiger partial charge in [-0.2, -0.15) is 18.3 Å². The number of amides is 1. The minimum Gasteiger partial charge on any atom is -0.475 e. The Kier molecular flexibility index (Phi) is 6.72. The van der Waals surface area contributed by atoms with Crippen molar-refractivity contribution in [2.45, 2.75) is 19.6 Å². The molecule has 0 fully saturated rings. The van der Waals surface area contributed by atoms with Gasteiger partial charge in [0.05, 0.1) is 23.8 Å². The maximum Gasteiger partial charge on any atom is 0.490 e. The van der Waals surface area contributed by atoms with Gasteiger partial charge in [0.25, 0.3) is 5.91 Å². The number of H-pyrrole nitrogens is 1. The van der Waals surface area contributed by atoms with E-state index in [-0.39, 0.29) is 5.91 Å². The number of pyridine rings is 1. The second kappa shape index (κ2) is 9.48. The lowest BCUT2D eigenvalue weighted by atomic mass is 10.2. The number of nitrogens with two attached hydrogens (primary N) is 1. The van der Waals surface area contributed by atoms with Gasteiger partial charge >= 0.3 is 12.1 Å². The topological polar surface area (TPSA) is 151 Å². The molecule has 3 aromatic heterocycles. The SMILES string of the molecule is Cc1ncc2ccc(C(=O)Nc3ccc(-c4n[nH]c(CN)n4)cc3)cn12.O=C(O)C(F)(F)F. The van der Waals surface area contributed by atoms with Crippen LogP contribution in [0, 0.1) is 6.92 Å². The van der Waals surface area contributed by atoms with Crippen LogP contribution in [0.5, 0.6) is 0 Å². The average molecular weight is 461 g/mol. The fourth-order valence-electron chi connectivity index (χ4n) is 2.68. The molecule has 0 aliphatic heterocycles. The lowest BCUT2D eigenvalue weighted by Crippen LogP contribution is -2.21. The van der Waals surface area contributed by atoms with E-state index in [9.17, 15) is 18.0 Å². The summed E-state index contributed by atoms with van der Waals surface area (Å²) in [5.74, 6) is -0.905. The number of hydrogen-bond donors (Lipinski definition) is 4. The maximum atomic E-state index is 12.5. The van der Waals surface area contributed by atoms with Gasteiger partial charge in [0.15, 0.2) is 5.82 Å². The molecule has 0 atom stereocenters. The van der Waals surface area contributed by atoms with Crippen molar-refractivity contribution < 1.29 is 27.9 Å². The number of carbonyl (C=O) groups excluding carboxylic acids is 1. The van der Waals surface area contributed by atoms with Crippen molar-refractivity contribution in [3.8, 4) is 11.4 Å². The van der Waals surface area contributed by atoms with E-state index in [4.69, 9.17) is 15.6 Å². The number of imidazole rings is 1. The fraction of sp³-hybridized carbons (Fsp3) is 0.150. The second-order valence-electron chi connectivity index (χ2n) is 6.66. The molecule has 0 saturated heterocycles. The number of hydrogen-bond acceptors (Lipinski definition) is 6. The second-order valence-corrected chi connectivity index (χ2v) is 6.66. The van der Waals surface area contributed by atoms with E-state index in [1.54, 1.807) is 18.5 Å². The van der Waals surface area contributed by atoms with Crippen molar-refractivity contribution in [1.82, 2.24) is 24.6 Å². The Balaban J connectivity index is 0.000000383. The van der Waals surface area contributed by atoms with Gasteiger partial charge < -0.3 is 20.6 Å². The van der Waals surface area contributed by atoms with Crippen molar-refractivity contribution in [3.05, 3.63) is 66.0 Å². The van der Waals surface area contributed by atoms with Crippen molar-refractivity contribution in [2.24, 2.45) is 5.73 Å². The maximum absolute atomic E-state index is 12.5. The van der Waals surface area contributed by atoms with Crippen LogP contribution in [0.1, 0.15) is 22.0 Å². The number of halogens is 3. The fourth-order valence-corrected chi connectivity index (χ4v) is 2.68. The van der Waals surface area contributed by atoms with E-state index >= 15 is 0 Å². The summed E-state index contributed by atoms with van der Waals surface area (Å²) in [6, 6.07) is 11.0. The van der Waals surface area contributed by atoms with Crippen LogP contribution in [0.3, 0.4) is 0 Å². The predicted octanol–water partition coefficient (Wildman–Crippen LogP) is 2.77. The van der Waals surface area contributed by atoms with Gasteiger partial charge in [-0.25, -0.2) is 14.8 Å². The first-order chi connectivity index (χ1) is 15.6. The number of carboxylic acid groups (broad SMARTS) is 1. The molecule has 0 aliphatic rings. The van der Waals surface area contributed by atoms with Crippen LogP contribution in [0.15, 0.2) is 48.8 Å². The number of aromatic amines is 1. The molecule has 1 aromatic carbocycles. The number of nitrogens with zero attached hydrogens (tertiary/aromatic N) is 4. The third-order valence-corrected chi connectivity index (χ3v) is 4.34. The molecule has 0 unspecified atom stereocenters. The summed E-state index contributed by atoms with van der Waals surface area (Å²) in [4.78, 5) is 29.9. The van der Waals surface area contributed by atoms with Crippen LogP contribution in [0.4, 0.5) is 18.9 Å². The molecule has 172 valence electrons. The molecule has 4 rings (SSSR count). The van der Waals surface area contributed by atoms with Gasteiger partial charge in [0.2, 0.25) is 0 Å². The van der Waals surface area contributed by atoms with E-state index in [1.807, 2.05) is 41.7 Å². The van der Waals surface area contributed by atoms with Gasteiger partial charge in [-0.05, 0) is 43.3 Å². The summed E-state index contributed by atoms with van der Waals surface area (Å²) >= 11 is 0. The Morgan fingerprint density at radius 2 is 1.85 bits per heavy atom. The Morgan fingerprint density at radius 3 is 2.42 bits per heavy atom. The number of carbonyl (C=O) groups is 2. The first-order valence-corrected chi connectivity index (χ1v) is 9.35. The van der Waals surface area contributed by atoms with Crippen LogP contribution in [-0.2, 0) is 11.3 Å². The highest BCUT2D eigenvalue weighted by molar-refractivity contribution is 6.04. The number of fused-ring (bicyclic) bond motifs is 1. The summed E-state index contributed by atoms with van der Waals surface area (Å²) in [6.45, 7) is 2.20. The predicted molar refractivity (Wildman–Crippen MR) is 111 cm³/mol. The van der Waals surface area contributed by atoms with Gasteiger partial charge in [-0.15, -0.1) is 0 Å². The Bertz CT molecular complexity index is 1280. The molecule has 10 nitrogen and oxygen atoms in total. The van der Waals surface area contributed by atoms with Gasteiger partial charge in [0.1, 0.15) is 11.6 Å². The summed E-state index contributed by atoms with van der Waals surface area (Å²) in [5.41, 5.74) is 8.57. The minimum atomic E-state index is -5.08. The molecular formula is C20H18F3N7O3. The third kappa shape index (κ3) is 5.71. The van der Waals surface area contributed by atoms with Crippen LogP contribution in [-0.4, -0.2) is 47.7 Å². The smallest absolute Gasteiger partial charge is 0.475 e. The molecule has 0 radical (unpaired) electrons.